The van der Waals surface area contributed by atoms with Crippen molar-refractivity contribution in [3.8, 4) is 33.6 Å². The van der Waals surface area contributed by atoms with E-state index in [0.717, 1.165) is 47.0 Å². The smallest absolute Gasteiger partial charge is 0.205 e. The number of nitrogens with one attached hydrogen (secondary N) is 1. The first-order valence-electron chi connectivity index (χ1n) is 11.6. The molecule has 0 spiro atoms. The van der Waals surface area contributed by atoms with Crippen LogP contribution in [-0.4, -0.2) is 40.4 Å². The molecular formula is C26H25IN8. The third kappa shape index (κ3) is 5.45. The van der Waals surface area contributed by atoms with Crippen LogP contribution in [0.4, 0.5) is 0 Å². The van der Waals surface area contributed by atoms with Crippen LogP contribution in [0.2, 0.25) is 0 Å². The molecule has 4 aromatic rings. The van der Waals surface area contributed by atoms with Gasteiger partial charge in [0.1, 0.15) is 5.82 Å². The lowest BCUT2D eigenvalue weighted by molar-refractivity contribution is 0.570. The van der Waals surface area contributed by atoms with Gasteiger partial charge in [-0.05, 0) is 47.4 Å². The molecule has 0 saturated heterocycles. The molecule has 1 unspecified atom stereocenters. The highest BCUT2D eigenvalue weighted by Gasteiger charge is 2.15. The molecule has 0 amide bonds. The van der Waals surface area contributed by atoms with Gasteiger partial charge in [-0.1, -0.05) is 78.0 Å². The number of benzene rings is 2. The van der Waals surface area contributed by atoms with E-state index < -0.39 is 0 Å². The molecule has 0 saturated carbocycles. The lowest BCUT2D eigenvalue weighted by Crippen LogP contribution is -2.06. The summed E-state index contributed by atoms with van der Waals surface area (Å²) < 4.78 is 2.28. The zero-order valence-corrected chi connectivity index (χ0v) is 21.7. The van der Waals surface area contributed by atoms with Crippen molar-refractivity contribution in [3.63, 3.8) is 0 Å². The van der Waals surface area contributed by atoms with E-state index in [0.29, 0.717) is 12.2 Å². The summed E-state index contributed by atoms with van der Waals surface area (Å²) in [5.74, 6) is 2.40. The second-order valence-electron chi connectivity index (χ2n) is 8.30. The highest BCUT2D eigenvalue weighted by atomic mass is 127. The molecule has 1 aromatic carbocycles. The van der Waals surface area contributed by atoms with Gasteiger partial charge in [0.05, 0.1) is 3.92 Å². The van der Waals surface area contributed by atoms with Crippen LogP contribution in [0.15, 0.2) is 66.9 Å². The maximum Gasteiger partial charge on any atom is 0.205 e. The van der Waals surface area contributed by atoms with E-state index >= 15 is 0 Å². The van der Waals surface area contributed by atoms with Crippen LogP contribution in [0.25, 0.3) is 33.6 Å². The van der Waals surface area contributed by atoms with E-state index in [1.807, 2.05) is 41.2 Å². The average molecular weight is 576 g/mol. The van der Waals surface area contributed by atoms with Gasteiger partial charge in [-0.15, -0.1) is 10.2 Å². The maximum atomic E-state index is 4.73. The minimum atomic E-state index is 0.279. The Morgan fingerprint density at radius 2 is 1.77 bits per heavy atom. The Bertz CT molecular complexity index is 1390. The molecule has 3 aromatic heterocycles. The Hall–Kier alpha value is -3.47. The summed E-state index contributed by atoms with van der Waals surface area (Å²) in [6.45, 7) is 5.11. The molecule has 2 aliphatic rings. The quantitative estimate of drug-likeness (QED) is 0.194. The Balaban J connectivity index is 0.000000362. The fourth-order valence-electron chi connectivity index (χ4n) is 3.82. The number of halogens is 1. The molecule has 0 aliphatic heterocycles. The van der Waals surface area contributed by atoms with Crippen molar-refractivity contribution < 1.29 is 0 Å². The second kappa shape index (κ2) is 10.4. The zero-order chi connectivity index (χ0) is 24.2. The minimum absolute atomic E-state index is 0.279. The van der Waals surface area contributed by atoms with Crippen LogP contribution in [0.3, 0.4) is 0 Å². The summed E-state index contributed by atoms with van der Waals surface area (Å²) in [5.41, 5.74) is 6.75. The normalized spacial score (nSPS) is 12.1. The standard InChI is InChI=1S/C20H21IN8.C6H4/c1-3-10-29-18(23-19(26-29)13(2)21)11-15-9-8-14(12-22-15)16-6-4-5-7-17(16)20-24-27-28-25-20;1-2-5-4-6(5)3-1/h4-9,12-13H,3,10-11H2,1-2H3,(H,24,25,27,28);1-4H. The number of hydrogen-bond donors (Lipinski definition) is 1. The Morgan fingerprint density at radius 1 is 0.971 bits per heavy atom. The Morgan fingerprint density at radius 3 is 2.34 bits per heavy atom. The minimum Gasteiger partial charge on any atom is -0.260 e. The van der Waals surface area contributed by atoms with E-state index in [1.165, 1.54) is 11.1 Å². The van der Waals surface area contributed by atoms with Crippen molar-refractivity contribution in [2.75, 3.05) is 0 Å². The van der Waals surface area contributed by atoms with Gasteiger partial charge in [-0.25, -0.2) is 9.67 Å². The van der Waals surface area contributed by atoms with Crippen molar-refractivity contribution >= 4 is 22.6 Å². The number of alkyl halides is 1. The average Bonchev–Trinajstić information content (AvgIpc) is 3.30. The number of tetrazole rings is 1. The summed E-state index contributed by atoms with van der Waals surface area (Å²) in [4.78, 5) is 9.41. The SMILES string of the molecule is CCCn1nc(C(C)I)nc1Cc1ccc(-c2ccccc2-c2nn[nH]n2)cn1.c1cc2cc-2c1. The number of hydrogen-bond acceptors (Lipinski definition) is 6. The lowest BCUT2D eigenvalue weighted by Gasteiger charge is -2.08. The molecule has 3 heterocycles. The predicted molar refractivity (Wildman–Crippen MR) is 144 cm³/mol. The molecule has 176 valence electrons. The maximum absolute atomic E-state index is 4.73. The largest absolute Gasteiger partial charge is 0.260 e. The number of aryl methyl sites for hydroxylation is 1. The van der Waals surface area contributed by atoms with Crippen molar-refractivity contribution in [1.29, 1.82) is 0 Å². The molecule has 1 atom stereocenters. The van der Waals surface area contributed by atoms with Gasteiger partial charge in [0.2, 0.25) is 5.82 Å². The number of aromatic nitrogens is 8. The number of fused-ring (bicyclic) bond motifs is 1. The molecule has 0 radical (unpaired) electrons. The predicted octanol–water partition coefficient (Wildman–Crippen LogP) is 5.68. The first kappa shape index (κ1) is 23.3. The summed E-state index contributed by atoms with van der Waals surface area (Å²) >= 11 is 2.35. The molecule has 9 heteroatoms. The lowest BCUT2D eigenvalue weighted by atomic mass is 10.0. The topological polar surface area (TPSA) is 98.1 Å². The fraction of sp³-hybridized carbons (Fsp3) is 0.231. The summed E-state index contributed by atoms with van der Waals surface area (Å²) in [6, 6.07) is 20.6. The van der Waals surface area contributed by atoms with Crippen LogP contribution < -0.4 is 0 Å². The third-order valence-electron chi connectivity index (χ3n) is 5.66. The van der Waals surface area contributed by atoms with Crippen molar-refractivity contribution in [3.05, 3.63) is 84.2 Å². The van der Waals surface area contributed by atoms with E-state index in [1.54, 1.807) is 0 Å². The number of pyridine rings is 1. The molecule has 1 N–H and O–H groups in total. The summed E-state index contributed by atoms with van der Waals surface area (Å²) in [5, 5.41) is 19.0. The fourth-order valence-corrected chi connectivity index (χ4v) is 4.08. The Kier molecular flexibility index (Phi) is 6.94. The summed E-state index contributed by atoms with van der Waals surface area (Å²) in [7, 11) is 0. The van der Waals surface area contributed by atoms with Gasteiger partial charge in [0.25, 0.3) is 0 Å². The van der Waals surface area contributed by atoms with E-state index in [9.17, 15) is 0 Å². The molecular weight excluding hydrogens is 551 g/mol. The molecule has 0 fully saturated rings. The molecule has 0 bridgehead atoms. The van der Waals surface area contributed by atoms with Gasteiger partial charge in [-0.2, -0.15) is 10.3 Å². The molecule has 8 nitrogen and oxygen atoms in total. The van der Waals surface area contributed by atoms with Crippen molar-refractivity contribution in [1.82, 2.24) is 40.4 Å². The molecule has 6 rings (SSSR count). The number of rotatable bonds is 7. The molecule has 2 aliphatic carbocycles. The first-order valence-corrected chi connectivity index (χ1v) is 12.8. The molecule has 35 heavy (non-hydrogen) atoms. The Labute approximate surface area is 217 Å². The summed E-state index contributed by atoms with van der Waals surface area (Å²) in [6.07, 6.45) is 3.56. The van der Waals surface area contributed by atoms with Gasteiger partial charge in [0.15, 0.2) is 5.82 Å². The van der Waals surface area contributed by atoms with Crippen molar-refractivity contribution in [2.45, 2.75) is 37.2 Å². The van der Waals surface area contributed by atoms with E-state index in [2.05, 4.69) is 97.5 Å². The monoisotopic (exact) mass is 576 g/mol. The van der Waals surface area contributed by atoms with E-state index in [4.69, 9.17) is 4.98 Å². The third-order valence-corrected chi connectivity index (χ3v) is 6.21. The van der Waals surface area contributed by atoms with Gasteiger partial charge < -0.3 is 0 Å². The number of aromatic amines is 1. The van der Waals surface area contributed by atoms with Crippen LogP contribution >= 0.6 is 22.6 Å². The highest BCUT2D eigenvalue weighted by Crippen LogP contribution is 2.32. The highest BCUT2D eigenvalue weighted by molar-refractivity contribution is 14.1. The van der Waals surface area contributed by atoms with Crippen LogP contribution in [0, 0.1) is 0 Å². The van der Waals surface area contributed by atoms with Gasteiger partial charge in [-0.3, -0.25) is 4.98 Å². The van der Waals surface area contributed by atoms with Crippen LogP contribution in [-0.2, 0) is 13.0 Å². The van der Waals surface area contributed by atoms with E-state index in [-0.39, 0.29) is 3.92 Å². The zero-order valence-electron chi connectivity index (χ0n) is 19.6. The van der Waals surface area contributed by atoms with Crippen molar-refractivity contribution in [2.24, 2.45) is 0 Å². The van der Waals surface area contributed by atoms with Crippen LogP contribution in [0.5, 0.6) is 0 Å². The second-order valence-corrected chi connectivity index (χ2v) is 10.2. The first-order chi connectivity index (χ1) is 17.1. The number of nitrogens with zero attached hydrogens (tertiary/aromatic N) is 7. The van der Waals surface area contributed by atoms with Gasteiger partial charge in [0, 0.05) is 36.0 Å². The van der Waals surface area contributed by atoms with Crippen LogP contribution in [0.1, 0.15) is 41.5 Å². The van der Waals surface area contributed by atoms with Gasteiger partial charge >= 0.3 is 0 Å². The number of H-pyrrole nitrogens is 1.